The zero-order valence-corrected chi connectivity index (χ0v) is 13.7. The number of fused-ring (bicyclic) bond motifs is 1. The van der Waals surface area contributed by atoms with Crippen LogP contribution in [0, 0.1) is 0 Å². The van der Waals surface area contributed by atoms with Crippen molar-refractivity contribution in [2.75, 3.05) is 17.7 Å². The van der Waals surface area contributed by atoms with Gasteiger partial charge in [0.1, 0.15) is 0 Å². The highest BCUT2D eigenvalue weighted by molar-refractivity contribution is 6.30. The lowest BCUT2D eigenvalue weighted by Gasteiger charge is -2.12. The van der Waals surface area contributed by atoms with Crippen LogP contribution in [-0.4, -0.2) is 22.9 Å². The van der Waals surface area contributed by atoms with E-state index in [-0.39, 0.29) is 6.03 Å². The van der Waals surface area contributed by atoms with Crippen LogP contribution in [0.15, 0.2) is 24.3 Å². The zero-order valence-electron chi connectivity index (χ0n) is 12.9. The van der Waals surface area contributed by atoms with Gasteiger partial charge in [-0.3, -0.25) is 10.00 Å². The number of urea groups is 1. The molecule has 122 valence electrons. The largest absolute Gasteiger partial charge is 0.380 e. The van der Waals surface area contributed by atoms with Crippen molar-refractivity contribution in [2.45, 2.75) is 32.4 Å². The summed E-state index contributed by atoms with van der Waals surface area (Å²) in [5, 5.41) is 10.6. The number of nitrogens with zero attached hydrogens (tertiary/aromatic N) is 2. The van der Waals surface area contributed by atoms with Gasteiger partial charge < -0.3 is 10.1 Å². The van der Waals surface area contributed by atoms with Crippen LogP contribution < -0.4 is 10.6 Å². The minimum atomic E-state index is -0.333. The van der Waals surface area contributed by atoms with Crippen molar-refractivity contribution in [2.24, 2.45) is 0 Å². The molecule has 1 aliphatic heterocycles. The number of ether oxygens (including phenoxy) is 1. The molecule has 0 atom stereocenters. The highest BCUT2D eigenvalue weighted by Crippen LogP contribution is 2.22. The first-order chi connectivity index (χ1) is 11.2. The van der Waals surface area contributed by atoms with Gasteiger partial charge in [0.15, 0.2) is 5.82 Å². The summed E-state index contributed by atoms with van der Waals surface area (Å²) in [4.78, 5) is 12.2. The molecule has 0 bridgehead atoms. The Morgan fingerprint density at radius 3 is 3.00 bits per heavy atom. The third kappa shape index (κ3) is 3.83. The number of halogens is 1. The third-order valence-electron chi connectivity index (χ3n) is 3.77. The first-order valence-corrected chi connectivity index (χ1v) is 7.95. The molecule has 0 fully saturated rings. The van der Waals surface area contributed by atoms with E-state index in [2.05, 4.69) is 15.7 Å². The molecule has 23 heavy (non-hydrogen) atoms. The van der Waals surface area contributed by atoms with Crippen molar-refractivity contribution < 1.29 is 9.53 Å². The quantitative estimate of drug-likeness (QED) is 0.896. The van der Waals surface area contributed by atoms with E-state index in [4.69, 9.17) is 16.3 Å². The number of aryl methyl sites for hydroxylation is 2. The predicted molar refractivity (Wildman–Crippen MR) is 90.0 cm³/mol. The Bertz CT molecular complexity index is 691. The Morgan fingerprint density at radius 1 is 1.35 bits per heavy atom. The molecule has 0 spiro atoms. The fourth-order valence-corrected chi connectivity index (χ4v) is 2.90. The number of hydrogen-bond acceptors (Lipinski definition) is 3. The van der Waals surface area contributed by atoms with E-state index in [0.29, 0.717) is 23.1 Å². The van der Waals surface area contributed by atoms with Crippen molar-refractivity contribution in [3.63, 3.8) is 0 Å². The second-order valence-corrected chi connectivity index (χ2v) is 5.95. The van der Waals surface area contributed by atoms with Gasteiger partial charge in [-0.05, 0) is 37.5 Å². The maximum atomic E-state index is 12.2. The molecule has 1 aromatic heterocycles. The minimum absolute atomic E-state index is 0.333. The third-order valence-corrected chi connectivity index (χ3v) is 4.01. The summed E-state index contributed by atoms with van der Waals surface area (Å²) in [5.74, 6) is 0.571. The van der Waals surface area contributed by atoms with Gasteiger partial charge >= 0.3 is 6.03 Å². The maximum absolute atomic E-state index is 12.2. The van der Waals surface area contributed by atoms with Crippen LogP contribution in [0.5, 0.6) is 0 Å². The van der Waals surface area contributed by atoms with Gasteiger partial charge in [-0.15, -0.1) is 0 Å². The average Bonchev–Trinajstić information content (AvgIpc) is 2.92. The van der Waals surface area contributed by atoms with Crippen LogP contribution >= 0.6 is 11.6 Å². The summed E-state index contributed by atoms with van der Waals surface area (Å²) in [7, 11) is 1.60. The molecule has 2 aromatic rings. The maximum Gasteiger partial charge on any atom is 0.324 e. The van der Waals surface area contributed by atoms with E-state index < -0.39 is 0 Å². The van der Waals surface area contributed by atoms with E-state index in [1.54, 1.807) is 25.3 Å². The van der Waals surface area contributed by atoms with Crippen LogP contribution in [0.2, 0.25) is 5.02 Å². The predicted octanol–water partition coefficient (Wildman–Crippen LogP) is 3.66. The zero-order chi connectivity index (χ0) is 16.2. The smallest absolute Gasteiger partial charge is 0.324 e. The average molecular weight is 335 g/mol. The van der Waals surface area contributed by atoms with Crippen molar-refractivity contribution in [3.05, 3.63) is 40.5 Å². The number of amides is 2. The molecule has 1 aliphatic rings. The molecule has 7 heteroatoms. The van der Waals surface area contributed by atoms with E-state index in [1.807, 2.05) is 10.7 Å². The Kier molecular flexibility index (Phi) is 4.83. The monoisotopic (exact) mass is 334 g/mol. The number of methoxy groups -OCH3 is 1. The number of benzene rings is 1. The Labute approximate surface area is 139 Å². The molecule has 2 heterocycles. The summed E-state index contributed by atoms with van der Waals surface area (Å²) in [6.07, 6.45) is 3.30. The number of carbonyl (C=O) groups excluding carboxylic acids is 1. The van der Waals surface area contributed by atoms with Crippen LogP contribution in [0.4, 0.5) is 16.3 Å². The van der Waals surface area contributed by atoms with Gasteiger partial charge in [-0.25, -0.2) is 4.79 Å². The first-order valence-electron chi connectivity index (χ1n) is 7.58. The van der Waals surface area contributed by atoms with Crippen LogP contribution in [0.25, 0.3) is 0 Å². The fourth-order valence-electron chi connectivity index (χ4n) is 2.71. The lowest BCUT2D eigenvalue weighted by Crippen LogP contribution is -2.21. The van der Waals surface area contributed by atoms with Gasteiger partial charge in [0.2, 0.25) is 0 Å². The molecule has 0 saturated carbocycles. The molecule has 3 rings (SSSR count). The van der Waals surface area contributed by atoms with Gasteiger partial charge in [0.05, 0.1) is 6.61 Å². The normalized spacial score (nSPS) is 13.5. The number of anilines is 2. The van der Waals surface area contributed by atoms with Gasteiger partial charge in [0.25, 0.3) is 0 Å². The summed E-state index contributed by atoms with van der Waals surface area (Å²) in [6.45, 7) is 1.28. The lowest BCUT2D eigenvalue weighted by molar-refractivity contribution is 0.185. The van der Waals surface area contributed by atoms with Crippen molar-refractivity contribution in [1.29, 1.82) is 0 Å². The second-order valence-electron chi connectivity index (χ2n) is 5.51. The Balaban J connectivity index is 1.68. The number of rotatable bonds is 4. The van der Waals surface area contributed by atoms with Crippen molar-refractivity contribution >= 4 is 29.1 Å². The number of carbonyl (C=O) groups is 1. The number of hydrogen-bond donors (Lipinski definition) is 2. The lowest BCUT2D eigenvalue weighted by atomic mass is 10.1. The summed E-state index contributed by atoms with van der Waals surface area (Å²) < 4.78 is 7.09. The molecule has 0 aliphatic carbocycles. The summed E-state index contributed by atoms with van der Waals surface area (Å²) in [5.41, 5.74) is 2.65. The minimum Gasteiger partial charge on any atom is -0.380 e. The molecule has 0 radical (unpaired) electrons. The van der Waals surface area contributed by atoms with Crippen LogP contribution in [0.3, 0.4) is 0 Å². The highest BCUT2D eigenvalue weighted by Gasteiger charge is 2.14. The standard InChI is InChI=1S/C16H19ClN4O2/c1-23-10-11-8-12(17)5-6-14(11)18-16(22)19-15-9-13-4-2-3-7-21(13)20-15/h5-6,8-9H,2-4,7,10H2,1H3,(H2,18,19,20,22). The van der Waals surface area contributed by atoms with E-state index in [1.165, 1.54) is 6.42 Å². The van der Waals surface area contributed by atoms with E-state index in [0.717, 1.165) is 30.6 Å². The molecule has 6 nitrogen and oxygen atoms in total. The van der Waals surface area contributed by atoms with Crippen molar-refractivity contribution in [1.82, 2.24) is 9.78 Å². The number of nitrogens with one attached hydrogen (secondary N) is 2. The SMILES string of the molecule is COCc1cc(Cl)ccc1NC(=O)Nc1cc2n(n1)CCCC2. The molecule has 0 saturated heterocycles. The summed E-state index contributed by atoms with van der Waals surface area (Å²) >= 11 is 5.98. The molecular formula is C16H19ClN4O2. The Hall–Kier alpha value is -2.05. The highest BCUT2D eigenvalue weighted by atomic mass is 35.5. The molecular weight excluding hydrogens is 316 g/mol. The van der Waals surface area contributed by atoms with Gasteiger partial charge in [-0.2, -0.15) is 5.10 Å². The van der Waals surface area contributed by atoms with E-state index >= 15 is 0 Å². The molecule has 2 N–H and O–H groups in total. The van der Waals surface area contributed by atoms with Crippen molar-refractivity contribution in [3.8, 4) is 0 Å². The van der Waals surface area contributed by atoms with E-state index in [9.17, 15) is 4.79 Å². The number of aromatic nitrogens is 2. The fraction of sp³-hybridized carbons (Fsp3) is 0.375. The molecule has 1 aromatic carbocycles. The first kappa shape index (κ1) is 15.8. The van der Waals surface area contributed by atoms with Gasteiger partial charge in [0, 0.05) is 41.7 Å². The van der Waals surface area contributed by atoms with Gasteiger partial charge in [-0.1, -0.05) is 11.6 Å². The second kappa shape index (κ2) is 7.02. The summed E-state index contributed by atoms with van der Waals surface area (Å²) in [6, 6.07) is 6.85. The van der Waals surface area contributed by atoms with Crippen LogP contribution in [0.1, 0.15) is 24.1 Å². The Morgan fingerprint density at radius 2 is 2.22 bits per heavy atom. The molecule has 0 unspecified atom stereocenters. The van der Waals surface area contributed by atoms with Crippen LogP contribution in [-0.2, 0) is 24.3 Å². The topological polar surface area (TPSA) is 68.2 Å². The molecule has 2 amide bonds.